The van der Waals surface area contributed by atoms with Gasteiger partial charge in [0.15, 0.2) is 0 Å². The minimum atomic E-state index is 0. The number of benzene rings is 1. The standard InChI is InChI=1S/C17H29NO.ClH/c1-5-18(6-2)13-14-19-17-10-8-7-9-16(17)12-11-15(3)4;/h7-10,15H,5-6,11-14H2,1-4H3;1H/p-1. The third kappa shape index (κ3) is 7.16. The molecule has 0 radical (unpaired) electrons. The molecule has 116 valence electrons. The van der Waals surface area contributed by atoms with Gasteiger partial charge in [-0.1, -0.05) is 45.9 Å². The molecule has 0 atom stereocenters. The summed E-state index contributed by atoms with van der Waals surface area (Å²) in [6.07, 6.45) is 2.33. The molecule has 1 aromatic rings. The van der Waals surface area contributed by atoms with E-state index in [0.29, 0.717) is 0 Å². The maximum absolute atomic E-state index is 5.96. The monoisotopic (exact) mass is 298 g/mol. The number of nitrogens with zero attached hydrogens (tertiary/aromatic N) is 1. The van der Waals surface area contributed by atoms with Gasteiger partial charge in [-0.15, -0.1) is 0 Å². The van der Waals surface area contributed by atoms with Gasteiger partial charge in [0.05, 0.1) is 0 Å². The fourth-order valence-corrected chi connectivity index (χ4v) is 2.12. The highest BCUT2D eigenvalue weighted by Crippen LogP contribution is 2.21. The van der Waals surface area contributed by atoms with E-state index >= 15 is 0 Å². The maximum Gasteiger partial charge on any atom is 0.122 e. The summed E-state index contributed by atoms with van der Waals surface area (Å²) >= 11 is 0. The molecule has 0 aliphatic carbocycles. The zero-order valence-corrected chi connectivity index (χ0v) is 14.1. The molecule has 0 fully saturated rings. The Labute approximate surface area is 130 Å². The average molecular weight is 299 g/mol. The first-order valence-electron chi connectivity index (χ1n) is 7.60. The van der Waals surface area contributed by atoms with Crippen LogP contribution in [0.3, 0.4) is 0 Å². The fourth-order valence-electron chi connectivity index (χ4n) is 2.12. The van der Waals surface area contributed by atoms with Crippen molar-refractivity contribution in [3.8, 4) is 5.75 Å². The zero-order valence-electron chi connectivity index (χ0n) is 13.4. The third-order valence-corrected chi connectivity index (χ3v) is 3.52. The molecule has 1 rings (SSSR count). The third-order valence-electron chi connectivity index (χ3n) is 3.52. The summed E-state index contributed by atoms with van der Waals surface area (Å²) in [6.45, 7) is 12.9. The van der Waals surface area contributed by atoms with Crippen LogP contribution >= 0.6 is 0 Å². The quantitative estimate of drug-likeness (QED) is 0.674. The predicted molar refractivity (Wildman–Crippen MR) is 82.9 cm³/mol. The molecule has 3 heteroatoms. The SMILES string of the molecule is CCN(CC)CCOc1ccccc1CCC(C)C.[Cl-]. The van der Waals surface area contributed by atoms with Crippen LogP contribution in [0.4, 0.5) is 0 Å². The molecule has 20 heavy (non-hydrogen) atoms. The van der Waals surface area contributed by atoms with E-state index in [1.54, 1.807) is 0 Å². The lowest BCUT2D eigenvalue weighted by molar-refractivity contribution is -0.00000474. The van der Waals surface area contributed by atoms with Crippen LogP contribution in [-0.2, 0) is 6.42 Å². The Morgan fingerprint density at radius 3 is 2.35 bits per heavy atom. The molecule has 0 bridgehead atoms. The number of rotatable bonds is 9. The van der Waals surface area contributed by atoms with E-state index in [2.05, 4.69) is 56.9 Å². The molecule has 0 aliphatic rings. The van der Waals surface area contributed by atoms with E-state index < -0.39 is 0 Å². The number of hydrogen-bond acceptors (Lipinski definition) is 2. The van der Waals surface area contributed by atoms with Crippen LogP contribution < -0.4 is 17.1 Å². The van der Waals surface area contributed by atoms with Gasteiger partial charge in [-0.05, 0) is 43.5 Å². The number of halogens is 1. The molecule has 1 aromatic carbocycles. The van der Waals surface area contributed by atoms with Gasteiger partial charge in [0.1, 0.15) is 12.4 Å². The Morgan fingerprint density at radius 2 is 1.75 bits per heavy atom. The summed E-state index contributed by atoms with van der Waals surface area (Å²) in [5.74, 6) is 1.80. The lowest BCUT2D eigenvalue weighted by Crippen LogP contribution is -3.00. The van der Waals surface area contributed by atoms with Crippen molar-refractivity contribution < 1.29 is 17.1 Å². The van der Waals surface area contributed by atoms with E-state index in [1.807, 2.05) is 0 Å². The number of ether oxygens (including phenoxy) is 1. The molecule has 2 nitrogen and oxygen atoms in total. The van der Waals surface area contributed by atoms with Crippen LogP contribution in [0.25, 0.3) is 0 Å². The first kappa shape index (κ1) is 19.3. The van der Waals surface area contributed by atoms with Gasteiger partial charge in [0.2, 0.25) is 0 Å². The van der Waals surface area contributed by atoms with Crippen LogP contribution in [0, 0.1) is 5.92 Å². The van der Waals surface area contributed by atoms with Crippen molar-refractivity contribution in [1.29, 1.82) is 0 Å². The lowest BCUT2D eigenvalue weighted by atomic mass is 10.0. The smallest absolute Gasteiger partial charge is 0.122 e. The van der Waals surface area contributed by atoms with E-state index in [4.69, 9.17) is 4.74 Å². The average Bonchev–Trinajstić information content (AvgIpc) is 2.42. The number of aryl methyl sites for hydroxylation is 1. The van der Waals surface area contributed by atoms with E-state index in [1.165, 1.54) is 12.0 Å². The fraction of sp³-hybridized carbons (Fsp3) is 0.647. The summed E-state index contributed by atoms with van der Waals surface area (Å²) in [6, 6.07) is 8.45. The van der Waals surface area contributed by atoms with Crippen LogP contribution in [0.1, 0.15) is 39.7 Å². The van der Waals surface area contributed by atoms with E-state index in [9.17, 15) is 0 Å². The zero-order chi connectivity index (χ0) is 14.1. The minimum Gasteiger partial charge on any atom is -1.00 e. The second-order valence-corrected chi connectivity index (χ2v) is 5.42. The van der Waals surface area contributed by atoms with Gasteiger partial charge in [0.25, 0.3) is 0 Å². The Kier molecular flexibility index (Phi) is 10.6. The van der Waals surface area contributed by atoms with Gasteiger partial charge in [-0.2, -0.15) is 0 Å². The molecular weight excluding hydrogens is 270 g/mol. The van der Waals surface area contributed by atoms with Crippen LogP contribution in [0.15, 0.2) is 24.3 Å². The summed E-state index contributed by atoms with van der Waals surface area (Å²) in [4.78, 5) is 2.39. The van der Waals surface area contributed by atoms with Gasteiger partial charge < -0.3 is 22.0 Å². The Bertz CT molecular complexity index is 351. The Balaban J connectivity index is 0.00000361. The number of likely N-dealkylation sites (N-methyl/N-ethyl adjacent to an activating group) is 1. The molecule has 0 N–H and O–H groups in total. The van der Waals surface area contributed by atoms with Crippen molar-refractivity contribution in [3.63, 3.8) is 0 Å². The van der Waals surface area contributed by atoms with E-state index in [0.717, 1.165) is 44.3 Å². The van der Waals surface area contributed by atoms with E-state index in [-0.39, 0.29) is 12.4 Å². The second kappa shape index (κ2) is 11.0. The maximum atomic E-state index is 5.96. The van der Waals surface area contributed by atoms with Gasteiger partial charge in [-0.25, -0.2) is 0 Å². The van der Waals surface area contributed by atoms with Crippen molar-refractivity contribution in [2.24, 2.45) is 5.92 Å². The largest absolute Gasteiger partial charge is 1.00 e. The second-order valence-electron chi connectivity index (χ2n) is 5.42. The molecule has 0 aliphatic heterocycles. The first-order chi connectivity index (χ1) is 9.17. The van der Waals surface area contributed by atoms with Gasteiger partial charge >= 0.3 is 0 Å². The van der Waals surface area contributed by atoms with Crippen molar-refractivity contribution in [2.45, 2.75) is 40.5 Å². The Morgan fingerprint density at radius 1 is 1.10 bits per heavy atom. The summed E-state index contributed by atoms with van der Waals surface area (Å²) in [5.41, 5.74) is 1.34. The van der Waals surface area contributed by atoms with Gasteiger partial charge in [-0.3, -0.25) is 0 Å². The summed E-state index contributed by atoms with van der Waals surface area (Å²) in [7, 11) is 0. The van der Waals surface area contributed by atoms with Crippen LogP contribution in [0.5, 0.6) is 5.75 Å². The van der Waals surface area contributed by atoms with Crippen molar-refractivity contribution in [1.82, 2.24) is 4.90 Å². The molecule has 0 unspecified atom stereocenters. The molecule has 0 spiro atoms. The normalized spacial score (nSPS) is 10.7. The molecule has 0 amide bonds. The first-order valence-corrected chi connectivity index (χ1v) is 7.60. The van der Waals surface area contributed by atoms with Crippen molar-refractivity contribution >= 4 is 0 Å². The highest BCUT2D eigenvalue weighted by Gasteiger charge is 2.05. The Hall–Kier alpha value is -0.730. The molecule has 0 saturated heterocycles. The summed E-state index contributed by atoms with van der Waals surface area (Å²) < 4.78 is 5.96. The lowest BCUT2D eigenvalue weighted by Gasteiger charge is -2.19. The highest BCUT2D eigenvalue weighted by atomic mass is 35.5. The van der Waals surface area contributed by atoms with Crippen LogP contribution in [-0.4, -0.2) is 31.1 Å². The number of para-hydroxylation sites is 1. The topological polar surface area (TPSA) is 12.5 Å². The van der Waals surface area contributed by atoms with Crippen molar-refractivity contribution in [2.75, 3.05) is 26.2 Å². The molecular formula is C17H29ClNO-. The summed E-state index contributed by atoms with van der Waals surface area (Å²) in [5, 5.41) is 0. The molecule has 0 heterocycles. The number of hydrogen-bond donors (Lipinski definition) is 0. The molecule has 0 aromatic heterocycles. The van der Waals surface area contributed by atoms with Gasteiger partial charge in [0, 0.05) is 6.54 Å². The van der Waals surface area contributed by atoms with Crippen LogP contribution in [0.2, 0.25) is 0 Å². The molecule has 0 saturated carbocycles. The minimum absolute atomic E-state index is 0. The highest BCUT2D eigenvalue weighted by molar-refractivity contribution is 5.33. The predicted octanol–water partition coefficient (Wildman–Crippen LogP) is 1.000. The van der Waals surface area contributed by atoms with Crippen molar-refractivity contribution in [3.05, 3.63) is 29.8 Å².